The fourth-order valence-corrected chi connectivity index (χ4v) is 2.82. The number of hydrogen-bond acceptors (Lipinski definition) is 5. The summed E-state index contributed by atoms with van der Waals surface area (Å²) in [5.41, 5.74) is 1.11. The Morgan fingerprint density at radius 1 is 1.11 bits per heavy atom. The minimum Gasteiger partial charge on any atom is -0.288 e. The summed E-state index contributed by atoms with van der Waals surface area (Å²) in [6, 6.07) is 7.70. The molecule has 0 atom stereocenters. The van der Waals surface area contributed by atoms with E-state index in [0.29, 0.717) is 13.2 Å². The van der Waals surface area contributed by atoms with E-state index in [0.717, 1.165) is 10.0 Å². The molecule has 1 amide bonds. The summed E-state index contributed by atoms with van der Waals surface area (Å²) >= 11 is 3.33. The van der Waals surface area contributed by atoms with Gasteiger partial charge in [-0.25, -0.2) is 18.7 Å². The monoisotopic (exact) mass is 444 g/mol. The molecular formula is C17H14BrFN8O. The van der Waals surface area contributed by atoms with E-state index in [2.05, 4.69) is 41.5 Å². The number of halogens is 2. The third-order valence-corrected chi connectivity index (χ3v) is 4.19. The maximum Gasteiger partial charge on any atom is 0.278 e. The Morgan fingerprint density at radius 3 is 2.68 bits per heavy atom. The van der Waals surface area contributed by atoms with Gasteiger partial charge in [0.15, 0.2) is 5.69 Å². The molecule has 0 saturated heterocycles. The molecule has 0 aliphatic rings. The van der Waals surface area contributed by atoms with Crippen LogP contribution in [0, 0.1) is 5.82 Å². The molecule has 0 aliphatic heterocycles. The molecule has 9 nitrogen and oxygen atoms in total. The van der Waals surface area contributed by atoms with E-state index >= 15 is 0 Å². The van der Waals surface area contributed by atoms with Crippen molar-refractivity contribution in [3.63, 3.8) is 0 Å². The largest absolute Gasteiger partial charge is 0.288 e. The van der Waals surface area contributed by atoms with E-state index in [9.17, 15) is 9.18 Å². The average molecular weight is 445 g/mol. The van der Waals surface area contributed by atoms with Crippen LogP contribution in [0.25, 0.3) is 0 Å². The third kappa shape index (κ3) is 4.31. The average Bonchev–Trinajstić information content (AvgIpc) is 3.40. The van der Waals surface area contributed by atoms with Gasteiger partial charge in [0.2, 0.25) is 5.95 Å². The van der Waals surface area contributed by atoms with Crippen LogP contribution in [0.2, 0.25) is 0 Å². The first-order valence-corrected chi connectivity index (χ1v) is 9.01. The molecule has 28 heavy (non-hydrogen) atoms. The second-order valence-corrected chi connectivity index (χ2v) is 6.84. The van der Waals surface area contributed by atoms with Crippen molar-refractivity contribution in [2.75, 3.05) is 5.32 Å². The number of carbonyl (C=O) groups excluding carboxylic acids is 1. The number of nitrogens with one attached hydrogen (secondary N) is 1. The fraction of sp³-hybridized carbons (Fsp3) is 0.118. The first-order valence-electron chi connectivity index (χ1n) is 8.22. The van der Waals surface area contributed by atoms with Gasteiger partial charge in [0.1, 0.15) is 18.8 Å². The zero-order valence-corrected chi connectivity index (χ0v) is 16.0. The summed E-state index contributed by atoms with van der Waals surface area (Å²) in [5.74, 6) is -0.549. The highest BCUT2D eigenvalue weighted by Crippen LogP contribution is 2.08. The Morgan fingerprint density at radius 2 is 1.93 bits per heavy atom. The Bertz CT molecular complexity index is 1100. The summed E-state index contributed by atoms with van der Waals surface area (Å²) in [6.45, 7) is 0.792. The first kappa shape index (κ1) is 18.0. The molecular weight excluding hydrogens is 431 g/mol. The Balaban J connectivity index is 1.37. The Kier molecular flexibility index (Phi) is 4.98. The van der Waals surface area contributed by atoms with Gasteiger partial charge in [-0.2, -0.15) is 10.2 Å². The standard InChI is InChI=1S/C17H14BrFN8O/c18-13-7-21-27(9-13)11-25-6-5-15(23-25)16(28)22-17-20-10-26(24-17)8-12-1-3-14(19)4-2-12/h1-7,9-10H,8,11H2,(H,22,24,28). The minimum absolute atomic E-state index is 0.165. The van der Waals surface area contributed by atoms with Crippen molar-refractivity contribution in [3.05, 3.63) is 76.8 Å². The van der Waals surface area contributed by atoms with Gasteiger partial charge in [-0.15, -0.1) is 5.10 Å². The minimum atomic E-state index is -0.417. The van der Waals surface area contributed by atoms with E-state index in [-0.39, 0.29) is 17.5 Å². The lowest BCUT2D eigenvalue weighted by Crippen LogP contribution is -2.16. The molecule has 0 spiro atoms. The van der Waals surface area contributed by atoms with E-state index in [1.807, 2.05) is 0 Å². The van der Waals surface area contributed by atoms with E-state index in [1.165, 1.54) is 18.5 Å². The Labute approximate surface area is 166 Å². The van der Waals surface area contributed by atoms with Gasteiger partial charge in [0.05, 0.1) is 17.2 Å². The molecule has 0 bridgehead atoms. The first-order chi connectivity index (χ1) is 13.5. The smallest absolute Gasteiger partial charge is 0.278 e. The molecule has 0 saturated carbocycles. The molecule has 1 N–H and O–H groups in total. The molecule has 3 heterocycles. The summed E-state index contributed by atoms with van der Waals surface area (Å²) in [4.78, 5) is 16.4. The van der Waals surface area contributed by atoms with Crippen molar-refractivity contribution < 1.29 is 9.18 Å². The van der Waals surface area contributed by atoms with Crippen LogP contribution in [0.15, 0.2) is 59.7 Å². The second-order valence-electron chi connectivity index (χ2n) is 5.93. The summed E-state index contributed by atoms with van der Waals surface area (Å²) in [7, 11) is 0. The molecule has 11 heteroatoms. The number of anilines is 1. The highest BCUT2D eigenvalue weighted by molar-refractivity contribution is 9.10. The van der Waals surface area contributed by atoms with Crippen molar-refractivity contribution in [1.82, 2.24) is 34.3 Å². The second kappa shape index (κ2) is 7.72. The molecule has 1 aromatic carbocycles. The molecule has 0 fully saturated rings. The van der Waals surface area contributed by atoms with Crippen LogP contribution in [0.5, 0.6) is 0 Å². The SMILES string of the molecule is O=C(Nc1ncn(Cc2ccc(F)cc2)n1)c1ccn(Cn2cc(Br)cn2)n1. The number of aromatic nitrogens is 7. The molecule has 142 valence electrons. The molecule has 0 radical (unpaired) electrons. The van der Waals surface area contributed by atoms with Gasteiger partial charge in [-0.05, 0) is 39.7 Å². The molecule has 3 aromatic heterocycles. The lowest BCUT2D eigenvalue weighted by Gasteiger charge is -2.02. The normalized spacial score (nSPS) is 10.9. The van der Waals surface area contributed by atoms with Crippen LogP contribution in [0.3, 0.4) is 0 Å². The van der Waals surface area contributed by atoms with Gasteiger partial charge < -0.3 is 0 Å². The number of hydrogen-bond donors (Lipinski definition) is 1. The van der Waals surface area contributed by atoms with Gasteiger partial charge in [-0.1, -0.05) is 12.1 Å². The van der Waals surface area contributed by atoms with Crippen LogP contribution in [0.4, 0.5) is 10.3 Å². The van der Waals surface area contributed by atoms with Crippen molar-refractivity contribution in [2.45, 2.75) is 13.2 Å². The Hall–Kier alpha value is -3.34. The predicted octanol–water partition coefficient (Wildman–Crippen LogP) is 2.38. The molecule has 4 aromatic rings. The highest BCUT2D eigenvalue weighted by Gasteiger charge is 2.13. The summed E-state index contributed by atoms with van der Waals surface area (Å²) in [5, 5.41) is 15.2. The topological polar surface area (TPSA) is 95.5 Å². The quantitative estimate of drug-likeness (QED) is 0.492. The van der Waals surface area contributed by atoms with Gasteiger partial charge >= 0.3 is 0 Å². The molecule has 0 aliphatic carbocycles. The summed E-state index contributed by atoms with van der Waals surface area (Å²) in [6.07, 6.45) is 6.66. The van der Waals surface area contributed by atoms with Gasteiger partial charge in [-0.3, -0.25) is 14.8 Å². The van der Waals surface area contributed by atoms with Crippen molar-refractivity contribution in [3.8, 4) is 0 Å². The maximum atomic E-state index is 13.0. The van der Waals surface area contributed by atoms with Crippen LogP contribution < -0.4 is 5.32 Å². The zero-order valence-electron chi connectivity index (χ0n) is 14.4. The number of rotatable bonds is 6. The predicted molar refractivity (Wildman–Crippen MR) is 101 cm³/mol. The lowest BCUT2D eigenvalue weighted by molar-refractivity contribution is 0.102. The van der Waals surface area contributed by atoms with E-state index in [1.54, 1.807) is 50.8 Å². The van der Waals surface area contributed by atoms with Crippen LogP contribution in [-0.2, 0) is 13.2 Å². The lowest BCUT2D eigenvalue weighted by atomic mass is 10.2. The number of benzene rings is 1. The van der Waals surface area contributed by atoms with Gasteiger partial charge in [0, 0.05) is 12.4 Å². The van der Waals surface area contributed by atoms with Crippen molar-refractivity contribution in [2.24, 2.45) is 0 Å². The third-order valence-electron chi connectivity index (χ3n) is 3.78. The highest BCUT2D eigenvalue weighted by atomic mass is 79.9. The van der Waals surface area contributed by atoms with Crippen LogP contribution >= 0.6 is 15.9 Å². The van der Waals surface area contributed by atoms with Crippen LogP contribution in [-0.4, -0.2) is 40.2 Å². The fourth-order valence-electron chi connectivity index (χ4n) is 2.50. The van der Waals surface area contributed by atoms with Crippen molar-refractivity contribution >= 4 is 27.8 Å². The number of carbonyl (C=O) groups is 1. The number of amides is 1. The van der Waals surface area contributed by atoms with Crippen molar-refractivity contribution in [1.29, 1.82) is 0 Å². The zero-order chi connectivity index (χ0) is 19.5. The summed E-state index contributed by atoms with van der Waals surface area (Å²) < 4.78 is 18.6. The van der Waals surface area contributed by atoms with E-state index < -0.39 is 5.91 Å². The van der Waals surface area contributed by atoms with Gasteiger partial charge in [0.25, 0.3) is 5.91 Å². The number of nitrogens with zero attached hydrogens (tertiary/aromatic N) is 7. The molecule has 0 unspecified atom stereocenters. The van der Waals surface area contributed by atoms with E-state index in [4.69, 9.17) is 0 Å². The van der Waals surface area contributed by atoms with Crippen LogP contribution in [0.1, 0.15) is 16.1 Å². The molecule has 4 rings (SSSR count). The maximum absolute atomic E-state index is 13.0.